The van der Waals surface area contributed by atoms with Crippen LogP contribution in [-0.2, 0) is 9.53 Å². The molecule has 0 radical (unpaired) electrons. The molecule has 4 heteroatoms. The molecular formula is C14H20ClNO2. The average Bonchev–Trinajstić information content (AvgIpc) is 2.38. The number of piperidine rings is 1. The predicted octanol–water partition coefficient (Wildman–Crippen LogP) is 2.28. The Bertz CT molecular complexity index is 409. The lowest BCUT2D eigenvalue weighted by Gasteiger charge is -2.31. The second-order valence-electron chi connectivity index (χ2n) is 4.59. The fraction of sp³-hybridized carbons (Fsp3) is 0.500. The van der Waals surface area contributed by atoms with Gasteiger partial charge in [0.15, 0.2) is 0 Å². The summed E-state index contributed by atoms with van der Waals surface area (Å²) in [5, 5.41) is 3.36. The quantitative estimate of drug-likeness (QED) is 0.837. The summed E-state index contributed by atoms with van der Waals surface area (Å²) in [7, 11) is 1.47. The number of rotatable bonds is 2. The van der Waals surface area contributed by atoms with E-state index in [4.69, 9.17) is 4.74 Å². The summed E-state index contributed by atoms with van der Waals surface area (Å²) in [5.41, 5.74) is 2.50. The van der Waals surface area contributed by atoms with Gasteiger partial charge in [0.2, 0.25) is 0 Å². The molecule has 3 nitrogen and oxygen atoms in total. The molecule has 1 heterocycles. The van der Waals surface area contributed by atoms with E-state index in [1.54, 1.807) is 0 Å². The lowest BCUT2D eigenvalue weighted by atomic mass is 9.80. The van der Waals surface area contributed by atoms with E-state index in [1.807, 2.05) is 12.1 Å². The van der Waals surface area contributed by atoms with Crippen LogP contribution in [0.2, 0.25) is 0 Å². The van der Waals surface area contributed by atoms with E-state index in [2.05, 4.69) is 24.4 Å². The minimum Gasteiger partial charge on any atom is -0.469 e. The molecule has 100 valence electrons. The van der Waals surface area contributed by atoms with Gasteiger partial charge in [-0.3, -0.25) is 4.79 Å². The van der Waals surface area contributed by atoms with Crippen molar-refractivity contribution in [1.29, 1.82) is 0 Å². The molecule has 1 aromatic carbocycles. The van der Waals surface area contributed by atoms with Gasteiger partial charge in [0.05, 0.1) is 13.0 Å². The van der Waals surface area contributed by atoms with Gasteiger partial charge >= 0.3 is 5.97 Å². The van der Waals surface area contributed by atoms with Gasteiger partial charge in [-0.25, -0.2) is 0 Å². The van der Waals surface area contributed by atoms with E-state index in [0.29, 0.717) is 0 Å². The first kappa shape index (κ1) is 15.0. The number of aryl methyl sites for hydroxylation is 1. The molecule has 1 saturated heterocycles. The van der Waals surface area contributed by atoms with Gasteiger partial charge < -0.3 is 10.1 Å². The Morgan fingerprint density at radius 1 is 1.39 bits per heavy atom. The third-order valence-corrected chi connectivity index (χ3v) is 3.57. The smallest absolute Gasteiger partial charge is 0.309 e. The summed E-state index contributed by atoms with van der Waals surface area (Å²) in [6.07, 6.45) is 0.853. The summed E-state index contributed by atoms with van der Waals surface area (Å²) < 4.78 is 4.91. The van der Waals surface area contributed by atoms with Crippen LogP contribution in [0.5, 0.6) is 0 Å². The van der Waals surface area contributed by atoms with Crippen LogP contribution >= 0.6 is 12.4 Å². The molecule has 1 aliphatic heterocycles. The molecule has 18 heavy (non-hydrogen) atoms. The van der Waals surface area contributed by atoms with Crippen molar-refractivity contribution in [2.45, 2.75) is 19.3 Å². The Balaban J connectivity index is 0.00000162. The van der Waals surface area contributed by atoms with Gasteiger partial charge in [-0.1, -0.05) is 24.3 Å². The maximum Gasteiger partial charge on any atom is 0.309 e. The van der Waals surface area contributed by atoms with E-state index in [9.17, 15) is 4.79 Å². The van der Waals surface area contributed by atoms with Gasteiger partial charge in [0.25, 0.3) is 0 Å². The highest BCUT2D eigenvalue weighted by Gasteiger charge is 2.33. The summed E-state index contributed by atoms with van der Waals surface area (Å²) >= 11 is 0. The number of esters is 1. The third kappa shape index (κ3) is 3.03. The first-order valence-electron chi connectivity index (χ1n) is 6.08. The SMILES string of the molecule is COC(=O)C1CCNCC1c1ccccc1C.Cl. The number of hydrogen-bond donors (Lipinski definition) is 1. The zero-order chi connectivity index (χ0) is 12.3. The lowest BCUT2D eigenvalue weighted by Crippen LogP contribution is -2.39. The molecule has 2 atom stereocenters. The lowest BCUT2D eigenvalue weighted by molar-refractivity contribution is -0.147. The van der Waals surface area contributed by atoms with Crippen molar-refractivity contribution in [3.8, 4) is 0 Å². The predicted molar refractivity (Wildman–Crippen MR) is 74.2 cm³/mol. The summed E-state index contributed by atoms with van der Waals surface area (Å²) in [6, 6.07) is 8.27. The molecule has 1 N–H and O–H groups in total. The standard InChI is InChI=1S/C14H19NO2.ClH/c1-10-5-3-4-6-11(10)13-9-15-8-7-12(13)14(16)17-2;/h3-6,12-13,15H,7-9H2,1-2H3;1H. The number of hydrogen-bond acceptors (Lipinski definition) is 3. The molecular weight excluding hydrogens is 250 g/mol. The normalized spacial score (nSPS) is 23.0. The Kier molecular flexibility index (Phi) is 5.63. The van der Waals surface area contributed by atoms with Crippen molar-refractivity contribution in [3.05, 3.63) is 35.4 Å². The molecule has 0 aromatic heterocycles. The first-order chi connectivity index (χ1) is 8.24. The molecule has 1 fully saturated rings. The van der Waals surface area contributed by atoms with Gasteiger partial charge in [-0.15, -0.1) is 12.4 Å². The van der Waals surface area contributed by atoms with E-state index < -0.39 is 0 Å². The molecule has 0 bridgehead atoms. The van der Waals surface area contributed by atoms with Gasteiger partial charge in [-0.05, 0) is 31.0 Å². The van der Waals surface area contributed by atoms with Crippen molar-refractivity contribution in [2.75, 3.05) is 20.2 Å². The van der Waals surface area contributed by atoms with Crippen molar-refractivity contribution in [3.63, 3.8) is 0 Å². The number of halogens is 1. The zero-order valence-corrected chi connectivity index (χ0v) is 11.6. The minimum absolute atomic E-state index is 0. The van der Waals surface area contributed by atoms with Crippen LogP contribution in [0.4, 0.5) is 0 Å². The maximum atomic E-state index is 11.8. The number of nitrogens with one attached hydrogen (secondary N) is 1. The minimum atomic E-state index is -0.0836. The topological polar surface area (TPSA) is 38.3 Å². The molecule has 1 aromatic rings. The molecule has 0 aliphatic carbocycles. The number of methoxy groups -OCH3 is 1. The summed E-state index contributed by atoms with van der Waals surface area (Å²) in [4.78, 5) is 11.8. The summed E-state index contributed by atoms with van der Waals surface area (Å²) in [6.45, 7) is 3.84. The molecule has 1 aliphatic rings. The molecule has 2 unspecified atom stereocenters. The van der Waals surface area contributed by atoms with Crippen molar-refractivity contribution in [1.82, 2.24) is 5.32 Å². The van der Waals surface area contributed by atoms with E-state index in [0.717, 1.165) is 19.5 Å². The molecule has 2 rings (SSSR count). The Morgan fingerprint density at radius 3 is 2.78 bits per heavy atom. The monoisotopic (exact) mass is 269 g/mol. The Labute approximate surface area is 114 Å². The van der Waals surface area contributed by atoms with Crippen LogP contribution in [0.15, 0.2) is 24.3 Å². The van der Waals surface area contributed by atoms with Crippen molar-refractivity contribution >= 4 is 18.4 Å². The third-order valence-electron chi connectivity index (χ3n) is 3.57. The highest BCUT2D eigenvalue weighted by Crippen LogP contribution is 2.31. The first-order valence-corrected chi connectivity index (χ1v) is 6.08. The van der Waals surface area contributed by atoms with Crippen molar-refractivity contribution < 1.29 is 9.53 Å². The number of benzene rings is 1. The fourth-order valence-electron chi connectivity index (χ4n) is 2.62. The van der Waals surface area contributed by atoms with E-state index in [1.165, 1.54) is 18.2 Å². The maximum absolute atomic E-state index is 11.8. The molecule has 0 amide bonds. The van der Waals surface area contributed by atoms with Gasteiger partial charge in [0, 0.05) is 12.5 Å². The number of carbonyl (C=O) groups excluding carboxylic acids is 1. The average molecular weight is 270 g/mol. The Hall–Kier alpha value is -1.06. The van der Waals surface area contributed by atoms with Gasteiger partial charge in [0.1, 0.15) is 0 Å². The second kappa shape index (κ2) is 6.76. The highest BCUT2D eigenvalue weighted by molar-refractivity contribution is 5.85. The van der Waals surface area contributed by atoms with Crippen LogP contribution < -0.4 is 5.32 Å². The molecule has 0 saturated carbocycles. The van der Waals surface area contributed by atoms with E-state index in [-0.39, 0.29) is 30.2 Å². The number of ether oxygens (including phenoxy) is 1. The van der Waals surface area contributed by atoms with Crippen LogP contribution in [0, 0.1) is 12.8 Å². The van der Waals surface area contributed by atoms with Crippen LogP contribution in [0.1, 0.15) is 23.5 Å². The van der Waals surface area contributed by atoms with Crippen LogP contribution in [-0.4, -0.2) is 26.2 Å². The Morgan fingerprint density at radius 2 is 2.11 bits per heavy atom. The number of carbonyl (C=O) groups is 1. The largest absolute Gasteiger partial charge is 0.469 e. The van der Waals surface area contributed by atoms with Gasteiger partial charge in [-0.2, -0.15) is 0 Å². The van der Waals surface area contributed by atoms with Crippen LogP contribution in [0.3, 0.4) is 0 Å². The highest BCUT2D eigenvalue weighted by atomic mass is 35.5. The van der Waals surface area contributed by atoms with Crippen LogP contribution in [0.25, 0.3) is 0 Å². The molecule has 0 spiro atoms. The second-order valence-corrected chi connectivity index (χ2v) is 4.59. The van der Waals surface area contributed by atoms with E-state index >= 15 is 0 Å². The zero-order valence-electron chi connectivity index (χ0n) is 10.8. The van der Waals surface area contributed by atoms with Crippen molar-refractivity contribution in [2.24, 2.45) is 5.92 Å². The summed E-state index contributed by atoms with van der Waals surface area (Å²) in [5.74, 6) is 0.138. The fourth-order valence-corrected chi connectivity index (χ4v) is 2.62.